The molecule has 0 unspecified atom stereocenters. The van der Waals surface area contributed by atoms with E-state index in [2.05, 4.69) is 28.0 Å². The van der Waals surface area contributed by atoms with Crippen molar-refractivity contribution in [2.24, 2.45) is 0 Å². The monoisotopic (exact) mass is 259 g/mol. The molecular weight excluding hydrogens is 238 g/mol. The third-order valence-electron chi connectivity index (χ3n) is 3.00. The van der Waals surface area contributed by atoms with E-state index in [-0.39, 0.29) is 0 Å². The molecule has 1 aromatic heterocycles. The predicted octanol–water partition coefficient (Wildman–Crippen LogP) is 3.74. The van der Waals surface area contributed by atoms with Gasteiger partial charge >= 0.3 is 0 Å². The number of imidazole rings is 1. The van der Waals surface area contributed by atoms with Gasteiger partial charge in [0.25, 0.3) is 0 Å². The van der Waals surface area contributed by atoms with Crippen molar-refractivity contribution >= 4 is 11.6 Å². The van der Waals surface area contributed by atoms with Crippen LogP contribution >= 0.6 is 0 Å². The van der Waals surface area contributed by atoms with E-state index in [1.807, 2.05) is 31.2 Å². The van der Waals surface area contributed by atoms with E-state index in [0.29, 0.717) is 0 Å². The normalized spacial score (nSPS) is 10.5. The van der Waals surface area contributed by atoms with Crippen molar-refractivity contribution < 1.29 is 4.74 Å². The fourth-order valence-corrected chi connectivity index (χ4v) is 1.95. The number of ether oxygens (including phenoxy) is 1. The third kappa shape index (κ3) is 3.50. The number of benzene rings is 1. The average Bonchev–Trinajstić information content (AvgIpc) is 2.77. The number of rotatable bonds is 6. The van der Waals surface area contributed by atoms with E-state index in [4.69, 9.17) is 4.74 Å². The highest BCUT2D eigenvalue weighted by Gasteiger charge is 2.05. The number of unbranched alkanes of at least 4 members (excludes halogenated alkanes) is 1. The molecular formula is C15H21N3O. The number of hydrogen-bond donors (Lipinski definition) is 1. The van der Waals surface area contributed by atoms with Crippen LogP contribution in [0.2, 0.25) is 0 Å². The van der Waals surface area contributed by atoms with Gasteiger partial charge in [0.15, 0.2) is 0 Å². The number of hydrogen-bond acceptors (Lipinski definition) is 3. The first-order valence-electron chi connectivity index (χ1n) is 6.67. The second-order valence-corrected chi connectivity index (χ2v) is 4.61. The largest absolute Gasteiger partial charge is 0.497 e. The van der Waals surface area contributed by atoms with Crippen molar-refractivity contribution in [3.63, 3.8) is 0 Å². The molecule has 1 heterocycles. The van der Waals surface area contributed by atoms with Crippen LogP contribution in [0.15, 0.2) is 30.5 Å². The molecule has 0 aliphatic heterocycles. The van der Waals surface area contributed by atoms with Crippen LogP contribution in [0.1, 0.15) is 25.5 Å². The van der Waals surface area contributed by atoms with Crippen LogP contribution in [0.25, 0.3) is 0 Å². The molecule has 0 fully saturated rings. The van der Waals surface area contributed by atoms with Crippen LogP contribution in [0.4, 0.5) is 11.6 Å². The molecule has 0 radical (unpaired) electrons. The molecule has 2 rings (SSSR count). The van der Waals surface area contributed by atoms with Crippen LogP contribution in [0.5, 0.6) is 5.75 Å². The maximum atomic E-state index is 5.15. The molecule has 1 aromatic carbocycles. The molecule has 0 spiro atoms. The Hall–Kier alpha value is -1.97. The van der Waals surface area contributed by atoms with Gasteiger partial charge in [0.1, 0.15) is 5.75 Å². The minimum Gasteiger partial charge on any atom is -0.497 e. The average molecular weight is 259 g/mol. The summed E-state index contributed by atoms with van der Waals surface area (Å²) >= 11 is 0. The molecule has 4 heteroatoms. The molecule has 0 saturated heterocycles. The molecule has 0 aliphatic carbocycles. The highest BCUT2D eigenvalue weighted by atomic mass is 16.5. The van der Waals surface area contributed by atoms with Gasteiger partial charge < -0.3 is 14.6 Å². The zero-order valence-electron chi connectivity index (χ0n) is 11.8. The van der Waals surface area contributed by atoms with Crippen molar-refractivity contribution in [1.82, 2.24) is 9.55 Å². The lowest BCUT2D eigenvalue weighted by atomic mass is 10.3. The van der Waals surface area contributed by atoms with Gasteiger partial charge in [-0.25, -0.2) is 4.98 Å². The SMILES string of the molecule is CCCCn1cc(C)nc1Nc1ccc(OC)cc1. The molecule has 19 heavy (non-hydrogen) atoms. The molecule has 1 N–H and O–H groups in total. The fraction of sp³-hybridized carbons (Fsp3) is 0.400. The third-order valence-corrected chi connectivity index (χ3v) is 3.00. The van der Waals surface area contributed by atoms with E-state index in [9.17, 15) is 0 Å². The van der Waals surface area contributed by atoms with Crippen molar-refractivity contribution in [3.8, 4) is 5.75 Å². The zero-order chi connectivity index (χ0) is 13.7. The molecule has 0 saturated carbocycles. The topological polar surface area (TPSA) is 39.1 Å². The van der Waals surface area contributed by atoms with Gasteiger partial charge in [0, 0.05) is 18.4 Å². The van der Waals surface area contributed by atoms with E-state index in [1.54, 1.807) is 7.11 Å². The Labute approximate surface area is 114 Å². The summed E-state index contributed by atoms with van der Waals surface area (Å²) in [5.41, 5.74) is 2.05. The predicted molar refractivity (Wildman–Crippen MR) is 78.1 cm³/mol. The zero-order valence-corrected chi connectivity index (χ0v) is 11.8. The number of aromatic nitrogens is 2. The van der Waals surface area contributed by atoms with Crippen molar-refractivity contribution in [2.75, 3.05) is 12.4 Å². The Morgan fingerprint density at radius 1 is 1.26 bits per heavy atom. The van der Waals surface area contributed by atoms with Gasteiger partial charge in [-0.15, -0.1) is 0 Å². The van der Waals surface area contributed by atoms with E-state index in [0.717, 1.165) is 36.0 Å². The fourth-order valence-electron chi connectivity index (χ4n) is 1.95. The van der Waals surface area contributed by atoms with Crippen LogP contribution in [0.3, 0.4) is 0 Å². The van der Waals surface area contributed by atoms with Crippen LogP contribution in [-0.4, -0.2) is 16.7 Å². The summed E-state index contributed by atoms with van der Waals surface area (Å²) in [6, 6.07) is 7.86. The number of anilines is 2. The second kappa shape index (κ2) is 6.27. The van der Waals surface area contributed by atoms with Gasteiger partial charge in [0.2, 0.25) is 5.95 Å². The van der Waals surface area contributed by atoms with Crippen LogP contribution in [0, 0.1) is 6.92 Å². The smallest absolute Gasteiger partial charge is 0.207 e. The van der Waals surface area contributed by atoms with Crippen LogP contribution in [-0.2, 0) is 6.54 Å². The first-order chi connectivity index (χ1) is 9.22. The van der Waals surface area contributed by atoms with Gasteiger partial charge in [-0.1, -0.05) is 13.3 Å². The summed E-state index contributed by atoms with van der Waals surface area (Å²) in [4.78, 5) is 4.52. The van der Waals surface area contributed by atoms with Crippen molar-refractivity contribution in [3.05, 3.63) is 36.2 Å². The number of aryl methyl sites for hydroxylation is 2. The first-order valence-corrected chi connectivity index (χ1v) is 6.67. The Bertz CT molecular complexity index is 517. The summed E-state index contributed by atoms with van der Waals surface area (Å²) < 4.78 is 7.32. The summed E-state index contributed by atoms with van der Waals surface area (Å²) in [6.07, 6.45) is 4.42. The molecule has 0 bridgehead atoms. The summed E-state index contributed by atoms with van der Waals surface area (Å²) in [7, 11) is 1.67. The van der Waals surface area contributed by atoms with E-state index in [1.165, 1.54) is 6.42 Å². The van der Waals surface area contributed by atoms with Gasteiger partial charge in [-0.3, -0.25) is 0 Å². The standard InChI is InChI=1S/C15H21N3O/c1-4-5-10-18-11-12(2)16-15(18)17-13-6-8-14(19-3)9-7-13/h6-9,11H,4-5,10H2,1-3H3,(H,16,17). The Balaban J connectivity index is 2.12. The summed E-state index contributed by atoms with van der Waals surface area (Å²) in [5.74, 6) is 1.76. The van der Waals surface area contributed by atoms with Crippen LogP contribution < -0.4 is 10.1 Å². The lowest BCUT2D eigenvalue weighted by molar-refractivity contribution is 0.415. The number of nitrogens with one attached hydrogen (secondary N) is 1. The lowest BCUT2D eigenvalue weighted by Crippen LogP contribution is -2.03. The maximum Gasteiger partial charge on any atom is 0.207 e. The summed E-state index contributed by atoms with van der Waals surface area (Å²) in [5, 5.41) is 3.35. The minimum atomic E-state index is 0.857. The Morgan fingerprint density at radius 3 is 2.63 bits per heavy atom. The molecule has 0 amide bonds. The maximum absolute atomic E-state index is 5.15. The molecule has 2 aromatic rings. The first kappa shape index (κ1) is 13.5. The molecule has 4 nitrogen and oxygen atoms in total. The minimum absolute atomic E-state index is 0.857. The van der Waals surface area contributed by atoms with Crippen molar-refractivity contribution in [1.29, 1.82) is 0 Å². The molecule has 0 atom stereocenters. The molecule has 102 valence electrons. The summed E-state index contributed by atoms with van der Waals surface area (Å²) in [6.45, 7) is 5.21. The molecule has 0 aliphatic rings. The second-order valence-electron chi connectivity index (χ2n) is 4.61. The Morgan fingerprint density at radius 2 is 2.00 bits per heavy atom. The van der Waals surface area contributed by atoms with E-state index >= 15 is 0 Å². The lowest BCUT2D eigenvalue weighted by Gasteiger charge is -2.09. The Kier molecular flexibility index (Phi) is 4.44. The highest BCUT2D eigenvalue weighted by molar-refractivity contribution is 5.55. The highest BCUT2D eigenvalue weighted by Crippen LogP contribution is 2.20. The van der Waals surface area contributed by atoms with Crippen molar-refractivity contribution in [2.45, 2.75) is 33.2 Å². The van der Waals surface area contributed by atoms with Gasteiger partial charge in [-0.2, -0.15) is 0 Å². The van der Waals surface area contributed by atoms with E-state index < -0.39 is 0 Å². The van der Waals surface area contributed by atoms with Gasteiger partial charge in [0.05, 0.1) is 12.8 Å². The quantitative estimate of drug-likeness (QED) is 0.858. The number of methoxy groups -OCH3 is 1. The van der Waals surface area contributed by atoms with Gasteiger partial charge in [-0.05, 0) is 37.6 Å². The number of nitrogens with zero attached hydrogens (tertiary/aromatic N) is 2.